The van der Waals surface area contributed by atoms with Gasteiger partial charge in [-0.25, -0.2) is 0 Å². The molecule has 1 N–H and O–H groups in total. The molecule has 1 heterocycles. The highest BCUT2D eigenvalue weighted by molar-refractivity contribution is 5.78. The first-order valence-corrected chi connectivity index (χ1v) is 9.13. The maximum atomic E-state index is 12.2. The number of nitrogens with zero attached hydrogens (tertiary/aromatic N) is 1. The van der Waals surface area contributed by atoms with Crippen LogP contribution in [0.3, 0.4) is 0 Å². The Bertz CT molecular complexity index is 1040. The zero-order valence-electron chi connectivity index (χ0n) is 15.9. The number of alkyl halides is 3. The molecule has 0 saturated heterocycles. The highest BCUT2D eigenvalue weighted by Crippen LogP contribution is 2.22. The van der Waals surface area contributed by atoms with Crippen molar-refractivity contribution >= 4 is 5.91 Å². The molecule has 3 aromatic rings. The molecule has 3 rings (SSSR count). The van der Waals surface area contributed by atoms with Crippen LogP contribution in [0.4, 0.5) is 13.2 Å². The van der Waals surface area contributed by atoms with Gasteiger partial charge in [-0.3, -0.25) is 9.59 Å². The summed E-state index contributed by atoms with van der Waals surface area (Å²) in [7, 11) is 0. The van der Waals surface area contributed by atoms with Crippen LogP contribution < -0.4 is 15.6 Å². The normalized spacial score (nSPS) is 11.2. The third-order valence-electron chi connectivity index (χ3n) is 4.29. The lowest BCUT2D eigenvalue weighted by Crippen LogP contribution is -2.24. The number of carbonyl (C=O) groups is 1. The van der Waals surface area contributed by atoms with Crippen LogP contribution in [-0.2, 0) is 24.3 Å². The fraction of sp³-hybridized carbons (Fsp3) is 0.182. The fourth-order valence-corrected chi connectivity index (χ4v) is 2.81. The van der Waals surface area contributed by atoms with Gasteiger partial charge in [-0.15, -0.1) is 13.2 Å². The number of benzene rings is 2. The van der Waals surface area contributed by atoms with Gasteiger partial charge >= 0.3 is 6.36 Å². The summed E-state index contributed by atoms with van der Waals surface area (Å²) in [6.07, 6.45) is -2.98. The molecule has 0 aliphatic heterocycles. The molecule has 0 fully saturated rings. The van der Waals surface area contributed by atoms with Crippen molar-refractivity contribution in [2.45, 2.75) is 25.9 Å². The Balaban J connectivity index is 1.49. The summed E-state index contributed by atoms with van der Waals surface area (Å²) in [6, 6.07) is 17.7. The van der Waals surface area contributed by atoms with Crippen molar-refractivity contribution in [3.8, 4) is 5.75 Å². The van der Waals surface area contributed by atoms with Crippen LogP contribution in [0.5, 0.6) is 5.75 Å². The highest BCUT2D eigenvalue weighted by atomic mass is 19.4. The molecule has 5 nitrogen and oxygen atoms in total. The average molecular weight is 416 g/mol. The van der Waals surface area contributed by atoms with Crippen LogP contribution in [0.25, 0.3) is 0 Å². The second-order valence-electron chi connectivity index (χ2n) is 6.63. The minimum Gasteiger partial charge on any atom is -0.406 e. The Morgan fingerprint density at radius 3 is 2.17 bits per heavy atom. The van der Waals surface area contributed by atoms with E-state index in [1.807, 2.05) is 24.3 Å². The van der Waals surface area contributed by atoms with Gasteiger partial charge in [-0.05, 0) is 34.9 Å². The number of halogens is 3. The number of hydrogen-bond donors (Lipinski definition) is 1. The number of aromatic nitrogens is 1. The number of nitrogens with one attached hydrogen (secondary N) is 1. The molecule has 1 aromatic heterocycles. The Morgan fingerprint density at radius 1 is 0.900 bits per heavy atom. The molecule has 0 saturated carbocycles. The lowest BCUT2D eigenvalue weighted by Gasteiger charge is -2.10. The molecule has 1 amide bonds. The average Bonchev–Trinajstić information content (AvgIpc) is 2.70. The maximum absolute atomic E-state index is 12.2. The minimum absolute atomic E-state index is 0.0430. The van der Waals surface area contributed by atoms with Gasteiger partial charge < -0.3 is 14.6 Å². The van der Waals surface area contributed by atoms with Gasteiger partial charge in [-0.2, -0.15) is 0 Å². The molecule has 0 radical (unpaired) electrons. The van der Waals surface area contributed by atoms with Crippen LogP contribution in [0.1, 0.15) is 16.7 Å². The largest absolute Gasteiger partial charge is 0.573 e. The highest BCUT2D eigenvalue weighted by Gasteiger charge is 2.30. The monoisotopic (exact) mass is 416 g/mol. The zero-order chi connectivity index (χ0) is 21.6. The predicted octanol–water partition coefficient (Wildman–Crippen LogP) is 3.65. The molecule has 8 heteroatoms. The molecule has 0 aliphatic rings. The number of rotatable bonds is 7. The van der Waals surface area contributed by atoms with E-state index >= 15 is 0 Å². The Labute approximate surface area is 170 Å². The van der Waals surface area contributed by atoms with Gasteiger partial charge in [0.2, 0.25) is 5.91 Å². The summed E-state index contributed by atoms with van der Waals surface area (Å²) >= 11 is 0. The summed E-state index contributed by atoms with van der Waals surface area (Å²) in [6.45, 7) is 0.778. The topological polar surface area (TPSA) is 60.3 Å². The second kappa shape index (κ2) is 9.30. The predicted molar refractivity (Wildman–Crippen MR) is 105 cm³/mol. The Hall–Kier alpha value is -3.55. The van der Waals surface area contributed by atoms with Crippen molar-refractivity contribution in [1.82, 2.24) is 9.88 Å². The molecule has 156 valence electrons. The van der Waals surface area contributed by atoms with E-state index in [9.17, 15) is 22.8 Å². The zero-order valence-corrected chi connectivity index (χ0v) is 15.9. The van der Waals surface area contributed by atoms with Crippen molar-refractivity contribution in [1.29, 1.82) is 0 Å². The molecule has 0 bridgehead atoms. The quantitative estimate of drug-likeness (QED) is 0.640. The maximum Gasteiger partial charge on any atom is 0.573 e. The molecule has 0 spiro atoms. The summed E-state index contributed by atoms with van der Waals surface area (Å²) in [4.78, 5) is 23.8. The molecule has 2 aromatic carbocycles. The number of hydrogen-bond acceptors (Lipinski definition) is 3. The lowest BCUT2D eigenvalue weighted by molar-refractivity contribution is -0.274. The first kappa shape index (κ1) is 21.2. The minimum atomic E-state index is -4.74. The van der Waals surface area contributed by atoms with E-state index in [0.717, 1.165) is 11.1 Å². The standard InChI is InChI=1S/C22H19F3N2O3/c23-22(24,25)30-19-10-8-16(9-11-19)13-20(28)26-14-17-4-6-18(7-5-17)15-27-12-2-1-3-21(27)29/h1-12H,13-15H2,(H,26,28). The molecule has 0 atom stereocenters. The first-order valence-electron chi connectivity index (χ1n) is 9.13. The smallest absolute Gasteiger partial charge is 0.406 e. The van der Waals surface area contributed by atoms with Gasteiger partial charge in [0.25, 0.3) is 5.56 Å². The van der Waals surface area contributed by atoms with E-state index in [2.05, 4.69) is 10.1 Å². The van der Waals surface area contributed by atoms with E-state index in [1.54, 1.807) is 22.9 Å². The molecule has 0 unspecified atom stereocenters. The summed E-state index contributed by atoms with van der Waals surface area (Å²) < 4.78 is 41.9. The Morgan fingerprint density at radius 2 is 1.53 bits per heavy atom. The van der Waals surface area contributed by atoms with Gasteiger partial charge in [0.1, 0.15) is 5.75 Å². The van der Waals surface area contributed by atoms with Crippen LogP contribution >= 0.6 is 0 Å². The van der Waals surface area contributed by atoms with E-state index in [-0.39, 0.29) is 23.6 Å². The Kier molecular flexibility index (Phi) is 6.56. The number of carbonyl (C=O) groups excluding carboxylic acids is 1. The summed E-state index contributed by atoms with van der Waals surface area (Å²) in [5.41, 5.74) is 2.35. The van der Waals surface area contributed by atoms with Crippen LogP contribution in [0.2, 0.25) is 0 Å². The fourth-order valence-electron chi connectivity index (χ4n) is 2.81. The number of ether oxygens (including phenoxy) is 1. The molecular weight excluding hydrogens is 397 g/mol. The summed E-state index contributed by atoms with van der Waals surface area (Å²) in [5.74, 6) is -0.580. The number of pyridine rings is 1. The van der Waals surface area contributed by atoms with Crippen LogP contribution in [0.15, 0.2) is 77.7 Å². The van der Waals surface area contributed by atoms with Gasteiger partial charge in [0, 0.05) is 18.8 Å². The third kappa shape index (κ3) is 6.51. The molecule has 30 heavy (non-hydrogen) atoms. The van der Waals surface area contributed by atoms with Crippen molar-refractivity contribution < 1.29 is 22.7 Å². The van der Waals surface area contributed by atoms with Gasteiger partial charge in [0.15, 0.2) is 0 Å². The van der Waals surface area contributed by atoms with E-state index in [0.29, 0.717) is 18.7 Å². The number of amides is 1. The van der Waals surface area contributed by atoms with E-state index in [4.69, 9.17) is 0 Å². The third-order valence-corrected chi connectivity index (χ3v) is 4.29. The lowest BCUT2D eigenvalue weighted by atomic mass is 10.1. The second-order valence-corrected chi connectivity index (χ2v) is 6.63. The van der Waals surface area contributed by atoms with Gasteiger partial charge in [-0.1, -0.05) is 42.5 Å². The first-order chi connectivity index (χ1) is 14.3. The van der Waals surface area contributed by atoms with Gasteiger partial charge in [0.05, 0.1) is 13.0 Å². The van der Waals surface area contributed by atoms with Crippen LogP contribution in [-0.4, -0.2) is 16.8 Å². The van der Waals surface area contributed by atoms with E-state index < -0.39 is 6.36 Å². The van der Waals surface area contributed by atoms with Crippen molar-refractivity contribution in [2.24, 2.45) is 0 Å². The van der Waals surface area contributed by atoms with Crippen molar-refractivity contribution in [2.75, 3.05) is 0 Å². The summed E-state index contributed by atoms with van der Waals surface area (Å²) in [5, 5.41) is 2.77. The van der Waals surface area contributed by atoms with E-state index in [1.165, 1.54) is 30.3 Å². The molecular formula is C22H19F3N2O3. The SMILES string of the molecule is O=C(Cc1ccc(OC(F)(F)F)cc1)NCc1ccc(Cn2ccccc2=O)cc1. The van der Waals surface area contributed by atoms with Crippen molar-refractivity contribution in [3.63, 3.8) is 0 Å². The van der Waals surface area contributed by atoms with Crippen LogP contribution in [0, 0.1) is 0 Å². The van der Waals surface area contributed by atoms with Crippen molar-refractivity contribution in [3.05, 3.63) is 100.0 Å². The molecule has 0 aliphatic carbocycles.